The van der Waals surface area contributed by atoms with Crippen molar-refractivity contribution in [3.8, 4) is 0 Å². The zero-order valence-corrected chi connectivity index (χ0v) is 13.3. The van der Waals surface area contributed by atoms with Crippen LogP contribution < -0.4 is 11.0 Å². The lowest BCUT2D eigenvalue weighted by atomic mass is 10.3. The summed E-state index contributed by atoms with van der Waals surface area (Å²) < 4.78 is 11.4. The van der Waals surface area contributed by atoms with E-state index in [4.69, 9.17) is 9.47 Å². The Hall–Kier alpha value is -1.87. The first kappa shape index (κ1) is 18.2. The van der Waals surface area contributed by atoms with Crippen molar-refractivity contribution in [2.75, 3.05) is 11.9 Å². The van der Waals surface area contributed by atoms with Crippen LogP contribution in [-0.2, 0) is 25.8 Å². The number of ether oxygens (including phenoxy) is 2. The number of hydrogen-bond donors (Lipinski definition) is 2. The molecule has 0 aliphatic rings. The first-order chi connectivity index (χ1) is 10.4. The van der Waals surface area contributed by atoms with Gasteiger partial charge in [0.1, 0.15) is 24.6 Å². The predicted molar refractivity (Wildman–Crippen MR) is 82.5 cm³/mol. The van der Waals surface area contributed by atoms with Crippen molar-refractivity contribution in [1.29, 1.82) is 0 Å². The van der Waals surface area contributed by atoms with Crippen molar-refractivity contribution in [3.63, 3.8) is 0 Å². The molecule has 0 aliphatic heterocycles. The summed E-state index contributed by atoms with van der Waals surface area (Å²) in [7, 11) is 0. The number of thiol groups is 1. The molecule has 1 atom stereocenters. The highest BCUT2D eigenvalue weighted by Gasteiger charge is 2.09. The largest absolute Gasteiger partial charge is 0.462 e. The van der Waals surface area contributed by atoms with E-state index in [1.807, 2.05) is 6.92 Å². The third kappa shape index (κ3) is 6.72. The molecule has 122 valence electrons. The number of aromatic nitrogens is 2. The maximum absolute atomic E-state index is 11.7. The minimum atomic E-state index is -0.650. The molecule has 0 saturated heterocycles. The van der Waals surface area contributed by atoms with Crippen molar-refractivity contribution >= 4 is 30.3 Å². The van der Waals surface area contributed by atoms with E-state index >= 15 is 0 Å². The molecule has 1 N–H and O–H groups in total. The van der Waals surface area contributed by atoms with Crippen LogP contribution in [0.25, 0.3) is 0 Å². The van der Waals surface area contributed by atoms with Crippen LogP contribution in [0, 0.1) is 0 Å². The third-order valence-corrected chi connectivity index (χ3v) is 2.72. The van der Waals surface area contributed by atoms with E-state index in [0.29, 0.717) is 12.8 Å². The van der Waals surface area contributed by atoms with E-state index in [2.05, 4.69) is 22.9 Å². The van der Waals surface area contributed by atoms with E-state index in [0.717, 1.165) is 0 Å². The van der Waals surface area contributed by atoms with Gasteiger partial charge in [-0.2, -0.15) is 4.98 Å². The number of carbonyl (C=O) groups is 2. The molecule has 0 fully saturated rings. The molecule has 0 saturated carbocycles. The lowest BCUT2D eigenvalue weighted by molar-refractivity contribution is -0.146. The number of nitrogens with zero attached hydrogens (tertiary/aromatic N) is 2. The van der Waals surface area contributed by atoms with Crippen molar-refractivity contribution in [3.05, 3.63) is 22.7 Å². The van der Waals surface area contributed by atoms with Gasteiger partial charge < -0.3 is 14.8 Å². The lowest BCUT2D eigenvalue weighted by Crippen LogP contribution is -2.27. The number of amides is 1. The van der Waals surface area contributed by atoms with E-state index in [1.165, 1.54) is 23.8 Å². The molecule has 1 rings (SSSR count). The average Bonchev–Trinajstić information content (AvgIpc) is 2.44. The van der Waals surface area contributed by atoms with Gasteiger partial charge in [-0.15, -0.1) is 12.6 Å². The Kier molecular flexibility index (Phi) is 7.61. The minimum absolute atomic E-state index is 0.00585. The van der Waals surface area contributed by atoms with Crippen LogP contribution >= 0.6 is 12.6 Å². The van der Waals surface area contributed by atoms with Gasteiger partial charge in [0.15, 0.2) is 0 Å². The number of esters is 1. The van der Waals surface area contributed by atoms with E-state index in [-0.39, 0.29) is 31.0 Å². The fraction of sp³-hybridized carbons (Fsp3) is 0.538. The Morgan fingerprint density at radius 3 is 2.82 bits per heavy atom. The van der Waals surface area contributed by atoms with Gasteiger partial charge in [0.2, 0.25) is 5.91 Å². The molecule has 1 amide bonds. The summed E-state index contributed by atoms with van der Waals surface area (Å²) in [4.78, 5) is 37.4. The van der Waals surface area contributed by atoms with Crippen LogP contribution in [0.4, 0.5) is 5.82 Å². The maximum Gasteiger partial charge on any atom is 0.351 e. The van der Waals surface area contributed by atoms with Gasteiger partial charge in [-0.3, -0.25) is 14.2 Å². The van der Waals surface area contributed by atoms with E-state index in [9.17, 15) is 14.4 Å². The lowest BCUT2D eigenvalue weighted by Gasteiger charge is -2.13. The zero-order chi connectivity index (χ0) is 16.5. The number of nitrogens with one attached hydrogen (secondary N) is 1. The van der Waals surface area contributed by atoms with E-state index in [1.54, 1.807) is 0 Å². The van der Waals surface area contributed by atoms with Crippen molar-refractivity contribution in [1.82, 2.24) is 9.55 Å². The predicted octanol–water partition coefficient (Wildman–Crippen LogP) is 0.775. The fourth-order valence-corrected chi connectivity index (χ4v) is 1.57. The van der Waals surface area contributed by atoms with Gasteiger partial charge in [0.25, 0.3) is 0 Å². The molecule has 9 heteroatoms. The number of anilines is 1. The normalized spacial score (nSPS) is 11.8. The van der Waals surface area contributed by atoms with Gasteiger partial charge in [0.05, 0.1) is 0 Å². The monoisotopic (exact) mass is 329 g/mol. The molecule has 0 radical (unpaired) electrons. The van der Waals surface area contributed by atoms with Crippen LogP contribution in [0.2, 0.25) is 0 Å². The van der Waals surface area contributed by atoms with Crippen LogP contribution in [0.5, 0.6) is 0 Å². The maximum atomic E-state index is 11.7. The van der Waals surface area contributed by atoms with Gasteiger partial charge in [-0.25, -0.2) is 4.79 Å². The van der Waals surface area contributed by atoms with Crippen molar-refractivity contribution < 1.29 is 19.1 Å². The standard InChI is InChI=1S/C13H19N3O5S/c1-3-4-11(18)20-7-12(22)21-8-16-6-5-10(14-9(2)17)15-13(16)19/h5-6,12,22H,3-4,7-8H2,1-2H3,(H,14,15,17,19)/t12-/m0/s1. The van der Waals surface area contributed by atoms with Crippen LogP contribution in [0.1, 0.15) is 26.7 Å². The molecule has 0 unspecified atom stereocenters. The van der Waals surface area contributed by atoms with Gasteiger partial charge in [-0.1, -0.05) is 6.92 Å². The molecule has 0 bridgehead atoms. The molecule has 1 aromatic heterocycles. The third-order valence-electron chi connectivity index (χ3n) is 2.43. The zero-order valence-electron chi connectivity index (χ0n) is 12.4. The summed E-state index contributed by atoms with van der Waals surface area (Å²) in [5, 5.41) is 2.41. The number of carbonyl (C=O) groups excluding carboxylic acids is 2. The topological polar surface area (TPSA) is 99.5 Å². The molecule has 0 aromatic carbocycles. The molecule has 1 heterocycles. The SMILES string of the molecule is CCCC(=O)OC[C@H](S)OCn1ccc(NC(C)=O)nc1=O. The molecule has 22 heavy (non-hydrogen) atoms. The number of hydrogen-bond acceptors (Lipinski definition) is 7. The molecule has 8 nitrogen and oxygen atoms in total. The van der Waals surface area contributed by atoms with Gasteiger partial charge >= 0.3 is 11.7 Å². The van der Waals surface area contributed by atoms with Crippen molar-refractivity contribution in [2.45, 2.75) is 38.9 Å². The fourth-order valence-electron chi connectivity index (χ4n) is 1.43. The highest BCUT2D eigenvalue weighted by molar-refractivity contribution is 7.80. The molecule has 0 spiro atoms. The highest BCUT2D eigenvalue weighted by Crippen LogP contribution is 2.03. The quantitative estimate of drug-likeness (QED) is 0.415. The summed E-state index contributed by atoms with van der Waals surface area (Å²) in [5.74, 6) is -0.460. The first-order valence-electron chi connectivity index (χ1n) is 6.72. The molecular weight excluding hydrogens is 310 g/mol. The first-order valence-corrected chi connectivity index (χ1v) is 7.24. The highest BCUT2D eigenvalue weighted by atomic mass is 32.1. The second-order valence-corrected chi connectivity index (χ2v) is 5.01. The summed E-state index contributed by atoms with van der Waals surface area (Å²) in [6, 6.07) is 1.47. The Morgan fingerprint density at radius 1 is 1.50 bits per heavy atom. The van der Waals surface area contributed by atoms with E-state index < -0.39 is 11.1 Å². The Bertz CT molecular complexity index is 575. The Labute approximate surface area is 133 Å². The summed E-state index contributed by atoms with van der Waals surface area (Å²) in [6.07, 6.45) is 2.48. The summed E-state index contributed by atoms with van der Waals surface area (Å²) in [6.45, 7) is 3.10. The minimum Gasteiger partial charge on any atom is -0.462 e. The van der Waals surface area contributed by atoms with Crippen LogP contribution in [0.15, 0.2) is 17.1 Å². The Balaban J connectivity index is 2.45. The van der Waals surface area contributed by atoms with Crippen LogP contribution in [-0.4, -0.2) is 33.5 Å². The summed E-state index contributed by atoms with van der Waals surface area (Å²) in [5.41, 5.74) is -1.22. The smallest absolute Gasteiger partial charge is 0.351 e. The average molecular weight is 329 g/mol. The Morgan fingerprint density at radius 2 is 2.23 bits per heavy atom. The number of rotatable bonds is 8. The molecule has 1 aromatic rings. The van der Waals surface area contributed by atoms with Gasteiger partial charge in [0, 0.05) is 19.5 Å². The molecular formula is C13H19N3O5S. The van der Waals surface area contributed by atoms with Gasteiger partial charge in [-0.05, 0) is 12.5 Å². The van der Waals surface area contributed by atoms with Crippen LogP contribution in [0.3, 0.4) is 0 Å². The second-order valence-electron chi connectivity index (χ2n) is 4.43. The second kappa shape index (κ2) is 9.21. The molecule has 0 aliphatic carbocycles. The van der Waals surface area contributed by atoms with Crippen molar-refractivity contribution in [2.24, 2.45) is 0 Å². The summed E-state index contributed by atoms with van der Waals surface area (Å²) >= 11 is 4.11.